The third-order valence-corrected chi connectivity index (χ3v) is 1.66. The molecule has 0 unspecified atom stereocenters. The maximum Gasteiger partial charge on any atom is 0.356 e. The molecule has 1 aromatic rings. The van der Waals surface area contributed by atoms with Crippen LogP contribution in [0.1, 0.15) is 10.5 Å². The molecule has 13 heavy (non-hydrogen) atoms. The standard InChI is InChI=1S/C6H6N4O3/c11-2-1-7-3-4(6(12)13)9-10-5(3)8-2/h7H,1H2,(H,12,13)(H2,8,9,10,11). The van der Waals surface area contributed by atoms with Crippen LogP contribution in [-0.4, -0.2) is 33.7 Å². The molecular weight excluding hydrogens is 176 g/mol. The van der Waals surface area contributed by atoms with E-state index >= 15 is 0 Å². The summed E-state index contributed by atoms with van der Waals surface area (Å²) in [6.07, 6.45) is 0. The molecule has 1 amide bonds. The van der Waals surface area contributed by atoms with Crippen molar-refractivity contribution in [3.8, 4) is 0 Å². The molecule has 0 saturated carbocycles. The van der Waals surface area contributed by atoms with Crippen LogP contribution < -0.4 is 10.6 Å². The van der Waals surface area contributed by atoms with Crippen LogP contribution in [0.4, 0.5) is 11.5 Å². The molecule has 0 aliphatic carbocycles. The maximum atomic E-state index is 10.8. The first-order chi connectivity index (χ1) is 6.18. The van der Waals surface area contributed by atoms with Crippen LogP contribution in [0.2, 0.25) is 0 Å². The minimum atomic E-state index is -1.11. The van der Waals surface area contributed by atoms with E-state index in [0.717, 1.165) is 0 Å². The Morgan fingerprint density at radius 1 is 1.54 bits per heavy atom. The zero-order valence-corrected chi connectivity index (χ0v) is 6.42. The third-order valence-electron chi connectivity index (χ3n) is 1.66. The summed E-state index contributed by atoms with van der Waals surface area (Å²) in [6.45, 7) is 0.0623. The summed E-state index contributed by atoms with van der Waals surface area (Å²) in [5.41, 5.74) is 0.280. The Bertz CT molecular complexity index is 383. The van der Waals surface area contributed by atoms with Crippen molar-refractivity contribution in [2.24, 2.45) is 0 Å². The number of H-pyrrole nitrogens is 1. The van der Waals surface area contributed by atoms with Crippen LogP contribution in [0.15, 0.2) is 0 Å². The fraction of sp³-hybridized carbons (Fsp3) is 0.167. The third kappa shape index (κ3) is 1.10. The smallest absolute Gasteiger partial charge is 0.356 e. The highest BCUT2D eigenvalue weighted by Gasteiger charge is 2.23. The minimum absolute atomic E-state index is 0.0463. The number of fused-ring (bicyclic) bond motifs is 1. The van der Waals surface area contributed by atoms with Crippen LogP contribution in [0.3, 0.4) is 0 Å². The summed E-state index contributed by atoms with van der Waals surface area (Å²) in [5.74, 6) is -1.12. The van der Waals surface area contributed by atoms with E-state index in [-0.39, 0.29) is 24.0 Å². The maximum absolute atomic E-state index is 10.8. The molecule has 0 saturated heterocycles. The van der Waals surface area contributed by atoms with Gasteiger partial charge in [-0.1, -0.05) is 0 Å². The molecule has 0 aromatic carbocycles. The van der Waals surface area contributed by atoms with Gasteiger partial charge in [0.15, 0.2) is 11.5 Å². The number of nitrogens with one attached hydrogen (secondary N) is 3. The molecular formula is C6H6N4O3. The van der Waals surface area contributed by atoms with E-state index in [2.05, 4.69) is 20.8 Å². The lowest BCUT2D eigenvalue weighted by atomic mass is 10.3. The molecule has 4 N–H and O–H groups in total. The summed E-state index contributed by atoms with van der Waals surface area (Å²) >= 11 is 0. The van der Waals surface area contributed by atoms with E-state index in [0.29, 0.717) is 5.69 Å². The number of aromatic carboxylic acids is 1. The molecule has 1 aliphatic rings. The van der Waals surface area contributed by atoms with Gasteiger partial charge in [-0.25, -0.2) is 4.79 Å². The largest absolute Gasteiger partial charge is 0.476 e. The second kappa shape index (κ2) is 2.47. The number of nitrogens with zero attached hydrogens (tertiary/aromatic N) is 1. The van der Waals surface area contributed by atoms with Gasteiger partial charge in [0, 0.05) is 0 Å². The van der Waals surface area contributed by atoms with Gasteiger partial charge in [-0.2, -0.15) is 5.10 Å². The van der Waals surface area contributed by atoms with Crippen molar-refractivity contribution in [3.05, 3.63) is 5.69 Å². The molecule has 0 spiro atoms. The first kappa shape index (κ1) is 7.59. The number of carboxylic acid groups (broad SMARTS) is 1. The number of aromatic nitrogens is 2. The second-order valence-electron chi connectivity index (χ2n) is 2.53. The van der Waals surface area contributed by atoms with Crippen molar-refractivity contribution in [2.45, 2.75) is 0 Å². The van der Waals surface area contributed by atoms with Crippen LogP contribution in [-0.2, 0) is 4.79 Å². The predicted octanol–water partition coefficient (Wildman–Crippen LogP) is -0.528. The molecule has 0 bridgehead atoms. The molecule has 2 heterocycles. The minimum Gasteiger partial charge on any atom is -0.476 e. The van der Waals surface area contributed by atoms with E-state index in [1.54, 1.807) is 0 Å². The Morgan fingerprint density at radius 2 is 2.31 bits per heavy atom. The van der Waals surface area contributed by atoms with Crippen molar-refractivity contribution >= 4 is 23.4 Å². The number of hydrogen-bond donors (Lipinski definition) is 4. The van der Waals surface area contributed by atoms with E-state index < -0.39 is 5.97 Å². The number of carbonyl (C=O) groups is 2. The Kier molecular flexibility index (Phi) is 1.44. The molecule has 2 rings (SSSR count). The molecule has 0 radical (unpaired) electrons. The summed E-state index contributed by atoms with van der Waals surface area (Å²) in [6, 6.07) is 0. The number of aromatic amines is 1. The average Bonchev–Trinajstić information content (AvgIpc) is 2.46. The van der Waals surface area contributed by atoms with Crippen molar-refractivity contribution in [2.75, 3.05) is 17.2 Å². The number of carbonyl (C=O) groups excluding carboxylic acids is 1. The normalized spacial score (nSPS) is 14.3. The summed E-state index contributed by atoms with van der Waals surface area (Å²) < 4.78 is 0. The Morgan fingerprint density at radius 3 is 3.00 bits per heavy atom. The van der Waals surface area contributed by atoms with E-state index in [1.165, 1.54) is 0 Å². The first-order valence-electron chi connectivity index (χ1n) is 3.54. The number of rotatable bonds is 1. The number of carboxylic acids is 1. The fourth-order valence-corrected chi connectivity index (χ4v) is 1.10. The summed E-state index contributed by atoms with van der Waals surface area (Å²) in [4.78, 5) is 21.4. The number of anilines is 2. The monoisotopic (exact) mass is 182 g/mol. The van der Waals surface area contributed by atoms with Crippen molar-refractivity contribution in [3.63, 3.8) is 0 Å². The van der Waals surface area contributed by atoms with Gasteiger partial charge in [0.05, 0.1) is 6.54 Å². The summed E-state index contributed by atoms with van der Waals surface area (Å²) in [5, 5.41) is 19.7. The Labute approximate surface area is 72.1 Å². The lowest BCUT2D eigenvalue weighted by Crippen LogP contribution is -2.27. The Hall–Kier alpha value is -2.05. The lowest BCUT2D eigenvalue weighted by Gasteiger charge is -2.13. The van der Waals surface area contributed by atoms with E-state index in [9.17, 15) is 9.59 Å². The van der Waals surface area contributed by atoms with Gasteiger partial charge in [-0.15, -0.1) is 0 Å². The average molecular weight is 182 g/mol. The highest BCUT2D eigenvalue weighted by atomic mass is 16.4. The highest BCUT2D eigenvalue weighted by molar-refractivity contribution is 6.04. The van der Waals surface area contributed by atoms with Crippen LogP contribution in [0.5, 0.6) is 0 Å². The number of amides is 1. The van der Waals surface area contributed by atoms with Gasteiger partial charge in [0.1, 0.15) is 5.69 Å². The molecule has 7 nitrogen and oxygen atoms in total. The van der Waals surface area contributed by atoms with Gasteiger partial charge in [-0.05, 0) is 0 Å². The quantitative estimate of drug-likeness (QED) is 0.467. The van der Waals surface area contributed by atoms with Crippen LogP contribution in [0.25, 0.3) is 0 Å². The van der Waals surface area contributed by atoms with Gasteiger partial charge >= 0.3 is 5.97 Å². The van der Waals surface area contributed by atoms with Gasteiger partial charge in [-0.3, -0.25) is 9.89 Å². The van der Waals surface area contributed by atoms with Crippen LogP contribution in [0, 0.1) is 0 Å². The summed E-state index contributed by atoms with van der Waals surface area (Å²) in [7, 11) is 0. The van der Waals surface area contributed by atoms with Gasteiger partial charge in [0.25, 0.3) is 0 Å². The van der Waals surface area contributed by atoms with Crippen LogP contribution >= 0.6 is 0 Å². The van der Waals surface area contributed by atoms with Gasteiger partial charge in [0.2, 0.25) is 5.91 Å². The molecule has 0 fully saturated rings. The zero-order chi connectivity index (χ0) is 9.42. The SMILES string of the molecule is O=C1CNc2c(n[nH]c2C(=O)O)N1. The predicted molar refractivity (Wildman–Crippen MR) is 42.7 cm³/mol. The molecule has 0 atom stereocenters. The highest BCUT2D eigenvalue weighted by Crippen LogP contribution is 2.25. The first-order valence-corrected chi connectivity index (χ1v) is 3.54. The Balaban J connectivity index is 2.44. The zero-order valence-electron chi connectivity index (χ0n) is 6.42. The van der Waals surface area contributed by atoms with Crippen molar-refractivity contribution < 1.29 is 14.7 Å². The molecule has 7 heteroatoms. The topological polar surface area (TPSA) is 107 Å². The molecule has 1 aromatic heterocycles. The van der Waals surface area contributed by atoms with Crippen molar-refractivity contribution in [1.29, 1.82) is 0 Å². The lowest BCUT2D eigenvalue weighted by molar-refractivity contribution is -0.114. The second-order valence-corrected chi connectivity index (χ2v) is 2.53. The van der Waals surface area contributed by atoms with Gasteiger partial charge < -0.3 is 15.7 Å². The fourth-order valence-electron chi connectivity index (χ4n) is 1.10. The van der Waals surface area contributed by atoms with E-state index in [4.69, 9.17) is 5.11 Å². The number of hydrogen-bond acceptors (Lipinski definition) is 4. The van der Waals surface area contributed by atoms with E-state index in [1.807, 2.05) is 0 Å². The van der Waals surface area contributed by atoms with Crippen molar-refractivity contribution in [1.82, 2.24) is 10.2 Å². The molecule has 1 aliphatic heterocycles. The molecule has 68 valence electrons.